The molecule has 0 bridgehead atoms. The number of carbonyl (C=O) groups excluding carboxylic acids is 1. The SMILES string of the molecule is CCc1ccc(-c2cc(C(=O)N3CCOCC3)c3cc(C)ccc3n2)cc1. The van der Waals surface area contributed by atoms with Gasteiger partial charge in [0.2, 0.25) is 0 Å². The van der Waals surface area contributed by atoms with Gasteiger partial charge in [0.05, 0.1) is 30.0 Å². The minimum Gasteiger partial charge on any atom is -0.378 e. The fraction of sp³-hybridized carbons (Fsp3) is 0.304. The van der Waals surface area contributed by atoms with Crippen LogP contribution in [0, 0.1) is 6.92 Å². The van der Waals surface area contributed by atoms with E-state index in [2.05, 4.69) is 37.3 Å². The molecule has 138 valence electrons. The van der Waals surface area contributed by atoms with Crippen molar-refractivity contribution in [3.05, 3.63) is 65.2 Å². The lowest BCUT2D eigenvalue weighted by atomic mass is 10.0. The number of benzene rings is 2. The molecule has 0 saturated carbocycles. The number of ether oxygens (including phenoxy) is 1. The first-order chi connectivity index (χ1) is 13.2. The molecule has 0 radical (unpaired) electrons. The molecule has 0 aliphatic carbocycles. The molecule has 0 N–H and O–H groups in total. The van der Waals surface area contributed by atoms with Crippen LogP contribution in [-0.4, -0.2) is 42.1 Å². The van der Waals surface area contributed by atoms with Crippen LogP contribution in [0.1, 0.15) is 28.4 Å². The number of pyridine rings is 1. The van der Waals surface area contributed by atoms with E-state index in [1.807, 2.05) is 30.0 Å². The summed E-state index contributed by atoms with van der Waals surface area (Å²) in [4.78, 5) is 20.0. The molecule has 1 aromatic heterocycles. The van der Waals surface area contributed by atoms with Gasteiger partial charge in [-0.3, -0.25) is 4.79 Å². The summed E-state index contributed by atoms with van der Waals surface area (Å²) in [6.45, 7) is 6.65. The van der Waals surface area contributed by atoms with Crippen LogP contribution >= 0.6 is 0 Å². The molecule has 4 rings (SSSR count). The number of fused-ring (bicyclic) bond motifs is 1. The zero-order valence-electron chi connectivity index (χ0n) is 15.9. The van der Waals surface area contributed by atoms with Gasteiger partial charge in [-0.25, -0.2) is 4.98 Å². The zero-order chi connectivity index (χ0) is 18.8. The summed E-state index contributed by atoms with van der Waals surface area (Å²) in [6.07, 6.45) is 1.01. The van der Waals surface area contributed by atoms with Crippen molar-refractivity contribution in [2.75, 3.05) is 26.3 Å². The van der Waals surface area contributed by atoms with Crippen molar-refractivity contribution in [3.63, 3.8) is 0 Å². The first kappa shape index (κ1) is 17.7. The van der Waals surface area contributed by atoms with Gasteiger partial charge < -0.3 is 9.64 Å². The largest absolute Gasteiger partial charge is 0.378 e. The summed E-state index contributed by atoms with van der Waals surface area (Å²) in [6, 6.07) is 16.5. The van der Waals surface area contributed by atoms with Crippen LogP contribution in [0.3, 0.4) is 0 Å². The van der Waals surface area contributed by atoms with Gasteiger partial charge in [0.15, 0.2) is 0 Å². The van der Waals surface area contributed by atoms with Gasteiger partial charge in [0.25, 0.3) is 5.91 Å². The van der Waals surface area contributed by atoms with Crippen LogP contribution < -0.4 is 0 Å². The molecule has 4 nitrogen and oxygen atoms in total. The van der Waals surface area contributed by atoms with Gasteiger partial charge in [-0.05, 0) is 37.1 Å². The molecule has 0 atom stereocenters. The number of nitrogens with zero attached hydrogens (tertiary/aromatic N) is 2. The van der Waals surface area contributed by atoms with Gasteiger partial charge in [0, 0.05) is 24.0 Å². The van der Waals surface area contributed by atoms with Crippen molar-refractivity contribution < 1.29 is 9.53 Å². The number of hydrogen-bond donors (Lipinski definition) is 0. The van der Waals surface area contributed by atoms with E-state index in [1.165, 1.54) is 5.56 Å². The summed E-state index contributed by atoms with van der Waals surface area (Å²) in [5.74, 6) is 0.0581. The maximum Gasteiger partial charge on any atom is 0.254 e. The first-order valence-electron chi connectivity index (χ1n) is 9.53. The lowest BCUT2D eigenvalue weighted by molar-refractivity contribution is 0.0304. The third-order valence-electron chi connectivity index (χ3n) is 5.15. The molecule has 2 aromatic carbocycles. The van der Waals surface area contributed by atoms with Gasteiger partial charge in [-0.1, -0.05) is 42.8 Å². The molecular weight excluding hydrogens is 336 g/mol. The second-order valence-corrected chi connectivity index (χ2v) is 7.03. The summed E-state index contributed by atoms with van der Waals surface area (Å²) >= 11 is 0. The molecule has 0 unspecified atom stereocenters. The summed E-state index contributed by atoms with van der Waals surface area (Å²) in [5.41, 5.74) is 5.87. The zero-order valence-corrected chi connectivity index (χ0v) is 15.9. The van der Waals surface area contributed by atoms with E-state index in [1.54, 1.807) is 0 Å². The Morgan fingerprint density at radius 1 is 1.07 bits per heavy atom. The highest BCUT2D eigenvalue weighted by atomic mass is 16.5. The monoisotopic (exact) mass is 360 g/mol. The van der Waals surface area contributed by atoms with Crippen LogP contribution in [0.2, 0.25) is 0 Å². The Bertz CT molecular complexity index is 974. The highest BCUT2D eigenvalue weighted by Gasteiger charge is 2.22. The average molecular weight is 360 g/mol. The number of aryl methyl sites for hydroxylation is 2. The van der Waals surface area contributed by atoms with E-state index >= 15 is 0 Å². The fourth-order valence-electron chi connectivity index (χ4n) is 3.51. The van der Waals surface area contributed by atoms with Gasteiger partial charge in [0.1, 0.15) is 0 Å². The van der Waals surface area contributed by atoms with Gasteiger partial charge >= 0.3 is 0 Å². The molecular formula is C23H24N2O2. The molecule has 3 aromatic rings. The van der Waals surface area contributed by atoms with E-state index < -0.39 is 0 Å². The topological polar surface area (TPSA) is 42.4 Å². The van der Waals surface area contributed by atoms with Crippen molar-refractivity contribution in [1.29, 1.82) is 0 Å². The summed E-state index contributed by atoms with van der Waals surface area (Å²) in [7, 11) is 0. The lowest BCUT2D eigenvalue weighted by Gasteiger charge is -2.27. The molecule has 1 amide bonds. The Balaban J connectivity index is 1.83. The van der Waals surface area contributed by atoms with Crippen LogP contribution in [0.5, 0.6) is 0 Å². The normalized spacial score (nSPS) is 14.5. The maximum absolute atomic E-state index is 13.3. The number of hydrogen-bond acceptors (Lipinski definition) is 3. The van der Waals surface area contributed by atoms with Gasteiger partial charge in [-0.15, -0.1) is 0 Å². The van der Waals surface area contributed by atoms with Crippen LogP contribution in [0.15, 0.2) is 48.5 Å². The predicted octanol–water partition coefficient (Wildman–Crippen LogP) is 4.25. The third-order valence-corrected chi connectivity index (χ3v) is 5.15. The highest BCUT2D eigenvalue weighted by Crippen LogP contribution is 2.27. The molecule has 0 spiro atoms. The third kappa shape index (κ3) is 3.58. The Hall–Kier alpha value is -2.72. The van der Waals surface area contributed by atoms with Crippen molar-refractivity contribution in [3.8, 4) is 11.3 Å². The standard InChI is InChI=1S/C23H24N2O2/c1-3-17-5-7-18(8-6-17)22-15-20(23(26)25-10-12-27-13-11-25)19-14-16(2)4-9-21(19)24-22/h4-9,14-15H,3,10-13H2,1-2H3. The van der Waals surface area contributed by atoms with Crippen molar-refractivity contribution in [1.82, 2.24) is 9.88 Å². The highest BCUT2D eigenvalue weighted by molar-refractivity contribution is 6.07. The maximum atomic E-state index is 13.3. The van der Waals surface area contributed by atoms with Crippen LogP contribution in [0.25, 0.3) is 22.2 Å². The quantitative estimate of drug-likeness (QED) is 0.701. The molecule has 1 aliphatic rings. The Kier molecular flexibility index (Phi) is 4.90. The van der Waals surface area contributed by atoms with Crippen molar-refractivity contribution >= 4 is 16.8 Å². The van der Waals surface area contributed by atoms with E-state index in [-0.39, 0.29) is 5.91 Å². The number of carbonyl (C=O) groups is 1. The molecule has 4 heteroatoms. The summed E-state index contributed by atoms with van der Waals surface area (Å²) < 4.78 is 5.40. The molecule has 1 fully saturated rings. The second-order valence-electron chi connectivity index (χ2n) is 7.03. The van der Waals surface area contributed by atoms with Gasteiger partial charge in [-0.2, -0.15) is 0 Å². The second kappa shape index (κ2) is 7.49. The van der Waals surface area contributed by atoms with Crippen molar-refractivity contribution in [2.24, 2.45) is 0 Å². The average Bonchev–Trinajstić information content (AvgIpc) is 2.73. The molecule has 1 saturated heterocycles. The van der Waals surface area contributed by atoms with E-state index in [0.717, 1.165) is 39.7 Å². The fourth-order valence-corrected chi connectivity index (χ4v) is 3.51. The minimum atomic E-state index is 0.0581. The van der Waals surface area contributed by atoms with Crippen LogP contribution in [-0.2, 0) is 11.2 Å². The Labute approximate surface area is 159 Å². The van der Waals surface area contributed by atoms with E-state index in [4.69, 9.17) is 9.72 Å². The number of aromatic nitrogens is 1. The lowest BCUT2D eigenvalue weighted by Crippen LogP contribution is -2.40. The smallest absolute Gasteiger partial charge is 0.254 e. The minimum absolute atomic E-state index is 0.0581. The van der Waals surface area contributed by atoms with Crippen molar-refractivity contribution in [2.45, 2.75) is 20.3 Å². The van der Waals surface area contributed by atoms with E-state index in [0.29, 0.717) is 26.3 Å². The number of amides is 1. The van der Waals surface area contributed by atoms with E-state index in [9.17, 15) is 4.79 Å². The summed E-state index contributed by atoms with van der Waals surface area (Å²) in [5, 5.41) is 0.917. The first-order valence-corrected chi connectivity index (χ1v) is 9.53. The number of rotatable bonds is 3. The Morgan fingerprint density at radius 3 is 2.52 bits per heavy atom. The Morgan fingerprint density at radius 2 is 1.81 bits per heavy atom. The molecule has 27 heavy (non-hydrogen) atoms. The van der Waals surface area contributed by atoms with Crippen LogP contribution in [0.4, 0.5) is 0 Å². The number of morpholine rings is 1. The molecule has 2 heterocycles. The predicted molar refractivity (Wildman–Crippen MR) is 108 cm³/mol. The molecule has 1 aliphatic heterocycles.